The summed E-state index contributed by atoms with van der Waals surface area (Å²) in [6, 6.07) is 7.51. The maximum atomic E-state index is 13.0. The third-order valence-electron chi connectivity index (χ3n) is 8.06. The monoisotopic (exact) mass is 522 g/mol. The molecule has 1 aromatic carbocycles. The average molecular weight is 523 g/mol. The zero-order valence-corrected chi connectivity index (χ0v) is 24.4. The van der Waals surface area contributed by atoms with Crippen LogP contribution in [0.2, 0.25) is 0 Å². The van der Waals surface area contributed by atoms with Crippen LogP contribution in [0.4, 0.5) is 0 Å². The SMILES string of the molecule is CC1(C)CCC(OC(=O)C2C=CC(c3ccc(C(=O)OC4CC(C)(C)NC4(C)C)cc3)=CC2)CC(C)(C)N1. The van der Waals surface area contributed by atoms with Gasteiger partial charge in [-0.3, -0.25) is 4.79 Å². The highest BCUT2D eigenvalue weighted by Crippen LogP contribution is 2.34. The summed E-state index contributed by atoms with van der Waals surface area (Å²) in [5.41, 5.74) is 2.20. The molecule has 3 unspecified atom stereocenters. The Hall–Kier alpha value is -2.44. The van der Waals surface area contributed by atoms with Crippen molar-refractivity contribution in [2.45, 2.75) is 122 Å². The minimum atomic E-state index is -0.301. The molecule has 38 heavy (non-hydrogen) atoms. The van der Waals surface area contributed by atoms with Crippen LogP contribution in [-0.4, -0.2) is 46.3 Å². The van der Waals surface area contributed by atoms with Crippen LogP contribution in [-0.2, 0) is 14.3 Å². The van der Waals surface area contributed by atoms with E-state index in [1.807, 2.05) is 36.4 Å². The van der Waals surface area contributed by atoms with Gasteiger partial charge in [-0.2, -0.15) is 0 Å². The van der Waals surface area contributed by atoms with E-state index < -0.39 is 0 Å². The minimum absolute atomic E-state index is 0.0283. The van der Waals surface area contributed by atoms with Crippen molar-refractivity contribution in [1.29, 1.82) is 0 Å². The molecular weight excluding hydrogens is 476 g/mol. The van der Waals surface area contributed by atoms with Gasteiger partial charge in [0.15, 0.2) is 0 Å². The van der Waals surface area contributed by atoms with E-state index in [-0.39, 0.29) is 52.2 Å². The van der Waals surface area contributed by atoms with Crippen molar-refractivity contribution >= 4 is 17.5 Å². The highest BCUT2D eigenvalue weighted by atomic mass is 16.5. The van der Waals surface area contributed by atoms with Crippen LogP contribution in [0.1, 0.15) is 103 Å². The Bertz CT molecular complexity index is 1110. The van der Waals surface area contributed by atoms with Gasteiger partial charge in [0.05, 0.1) is 17.0 Å². The van der Waals surface area contributed by atoms with Gasteiger partial charge < -0.3 is 20.1 Å². The van der Waals surface area contributed by atoms with Crippen molar-refractivity contribution in [3.05, 3.63) is 53.6 Å². The predicted molar refractivity (Wildman–Crippen MR) is 152 cm³/mol. The molecule has 0 amide bonds. The normalized spacial score (nSPS) is 29.2. The van der Waals surface area contributed by atoms with E-state index in [0.717, 1.165) is 36.8 Å². The van der Waals surface area contributed by atoms with Crippen molar-refractivity contribution < 1.29 is 19.1 Å². The van der Waals surface area contributed by atoms with Gasteiger partial charge in [0.1, 0.15) is 12.2 Å². The molecule has 0 radical (unpaired) electrons. The maximum absolute atomic E-state index is 13.0. The fourth-order valence-electron chi connectivity index (χ4n) is 6.49. The van der Waals surface area contributed by atoms with Gasteiger partial charge in [0.2, 0.25) is 0 Å². The number of carbonyl (C=O) groups is 2. The number of nitrogens with one attached hydrogen (secondary N) is 2. The Balaban J connectivity index is 1.32. The first-order valence-corrected chi connectivity index (χ1v) is 14.0. The Morgan fingerprint density at radius 3 is 2.08 bits per heavy atom. The molecule has 3 aliphatic rings. The molecule has 4 rings (SSSR count). The molecule has 0 saturated carbocycles. The van der Waals surface area contributed by atoms with E-state index >= 15 is 0 Å². The Labute approximate surface area is 228 Å². The summed E-state index contributed by atoms with van der Waals surface area (Å²) in [7, 11) is 0. The maximum Gasteiger partial charge on any atom is 0.338 e. The summed E-state index contributed by atoms with van der Waals surface area (Å²) in [5.74, 6) is -0.721. The van der Waals surface area contributed by atoms with Gasteiger partial charge in [-0.05, 0) is 97.9 Å². The topological polar surface area (TPSA) is 76.7 Å². The van der Waals surface area contributed by atoms with Crippen molar-refractivity contribution in [2.24, 2.45) is 5.92 Å². The third-order valence-corrected chi connectivity index (χ3v) is 8.06. The van der Waals surface area contributed by atoms with Crippen LogP contribution in [0.15, 0.2) is 42.5 Å². The lowest BCUT2D eigenvalue weighted by molar-refractivity contribution is -0.153. The fourth-order valence-corrected chi connectivity index (χ4v) is 6.49. The molecule has 2 N–H and O–H groups in total. The lowest BCUT2D eigenvalue weighted by atomic mass is 9.92. The predicted octanol–water partition coefficient (Wildman–Crippen LogP) is 5.96. The van der Waals surface area contributed by atoms with Crippen LogP contribution >= 0.6 is 0 Å². The lowest BCUT2D eigenvalue weighted by Crippen LogP contribution is -2.51. The fraction of sp³-hybridized carbons (Fsp3) is 0.625. The summed E-state index contributed by atoms with van der Waals surface area (Å²) >= 11 is 0. The molecule has 2 fully saturated rings. The van der Waals surface area contributed by atoms with Crippen LogP contribution in [0.3, 0.4) is 0 Å². The van der Waals surface area contributed by atoms with Crippen molar-refractivity contribution in [2.75, 3.05) is 0 Å². The van der Waals surface area contributed by atoms with Gasteiger partial charge in [0.25, 0.3) is 0 Å². The minimum Gasteiger partial charge on any atom is -0.462 e. The van der Waals surface area contributed by atoms with E-state index in [4.69, 9.17) is 9.47 Å². The van der Waals surface area contributed by atoms with E-state index in [0.29, 0.717) is 12.0 Å². The Morgan fingerprint density at radius 1 is 0.842 bits per heavy atom. The molecule has 0 aromatic heterocycles. The zero-order chi connectivity index (χ0) is 27.9. The standard InChI is InChI=1S/C32H46N2O4/c1-29(2)18-17-25(19-30(3,4)33-29)37-27(35)23-13-9-21(10-14-23)22-11-15-24(16-12-22)28(36)38-26-20-31(5,6)34-32(26,7)8/h9-13,15-16,23,25-26,33-34H,14,17-20H2,1-8H3. The van der Waals surface area contributed by atoms with Crippen LogP contribution in [0, 0.1) is 5.92 Å². The molecule has 208 valence electrons. The first kappa shape index (κ1) is 28.6. The molecule has 1 aromatic rings. The lowest BCUT2D eigenvalue weighted by Gasteiger charge is -2.34. The molecule has 2 saturated heterocycles. The van der Waals surface area contributed by atoms with E-state index in [1.165, 1.54) is 0 Å². The molecular formula is C32H46N2O4. The van der Waals surface area contributed by atoms with Gasteiger partial charge in [0, 0.05) is 29.5 Å². The van der Waals surface area contributed by atoms with Gasteiger partial charge in [-0.1, -0.05) is 30.4 Å². The van der Waals surface area contributed by atoms with E-state index in [1.54, 1.807) is 0 Å². The second-order valence-corrected chi connectivity index (χ2v) is 14.0. The zero-order valence-electron chi connectivity index (χ0n) is 24.4. The summed E-state index contributed by atoms with van der Waals surface area (Å²) in [6.45, 7) is 17.2. The number of esters is 2. The van der Waals surface area contributed by atoms with Gasteiger partial charge >= 0.3 is 11.9 Å². The summed E-state index contributed by atoms with van der Waals surface area (Å²) < 4.78 is 11.9. The largest absolute Gasteiger partial charge is 0.462 e. The number of ether oxygens (including phenoxy) is 2. The molecule has 0 bridgehead atoms. The van der Waals surface area contributed by atoms with Crippen molar-refractivity contribution in [3.63, 3.8) is 0 Å². The van der Waals surface area contributed by atoms with Crippen LogP contribution in [0.5, 0.6) is 0 Å². The van der Waals surface area contributed by atoms with E-state index in [2.05, 4.69) is 72.1 Å². The van der Waals surface area contributed by atoms with E-state index in [9.17, 15) is 9.59 Å². The Morgan fingerprint density at radius 2 is 1.50 bits per heavy atom. The number of rotatable bonds is 5. The van der Waals surface area contributed by atoms with Crippen LogP contribution in [0.25, 0.3) is 5.57 Å². The molecule has 3 atom stereocenters. The molecule has 2 aliphatic heterocycles. The summed E-state index contributed by atoms with van der Waals surface area (Å²) in [6.07, 6.45) is 9.78. The second kappa shape index (κ2) is 10.3. The number of allylic oxidation sites excluding steroid dienone is 3. The number of hydrogen-bond acceptors (Lipinski definition) is 6. The number of hydrogen-bond donors (Lipinski definition) is 2. The summed E-state index contributed by atoms with van der Waals surface area (Å²) in [5, 5.41) is 7.23. The molecule has 0 spiro atoms. The van der Waals surface area contributed by atoms with Crippen molar-refractivity contribution in [3.8, 4) is 0 Å². The number of benzene rings is 1. The van der Waals surface area contributed by atoms with Gasteiger partial charge in [-0.15, -0.1) is 0 Å². The summed E-state index contributed by atoms with van der Waals surface area (Å²) in [4.78, 5) is 25.8. The first-order chi connectivity index (χ1) is 17.5. The quantitative estimate of drug-likeness (QED) is 0.465. The first-order valence-electron chi connectivity index (χ1n) is 14.0. The molecule has 2 heterocycles. The second-order valence-electron chi connectivity index (χ2n) is 14.0. The average Bonchev–Trinajstić information content (AvgIpc) is 2.94. The molecule has 1 aliphatic carbocycles. The highest BCUT2D eigenvalue weighted by molar-refractivity contribution is 5.90. The number of carbonyl (C=O) groups excluding carboxylic acids is 2. The molecule has 6 nitrogen and oxygen atoms in total. The highest BCUT2D eigenvalue weighted by Gasteiger charge is 2.46. The Kier molecular flexibility index (Phi) is 7.72. The van der Waals surface area contributed by atoms with Crippen LogP contribution < -0.4 is 10.6 Å². The smallest absolute Gasteiger partial charge is 0.338 e. The third kappa shape index (κ3) is 6.95. The van der Waals surface area contributed by atoms with Gasteiger partial charge in [-0.25, -0.2) is 4.79 Å². The van der Waals surface area contributed by atoms with Crippen molar-refractivity contribution in [1.82, 2.24) is 10.6 Å². The molecule has 6 heteroatoms.